The maximum Gasteiger partial charge on any atom is 0.405 e. The van der Waals surface area contributed by atoms with Gasteiger partial charge in [-0.15, -0.1) is 0 Å². The van der Waals surface area contributed by atoms with Crippen molar-refractivity contribution in [1.82, 2.24) is 62.8 Å². The zero-order chi connectivity index (χ0) is 51.8. The summed E-state index contributed by atoms with van der Waals surface area (Å²) in [6.07, 6.45) is 20.2. The van der Waals surface area contributed by atoms with Crippen LogP contribution in [-0.4, -0.2) is 76.2 Å². The third-order valence-corrected chi connectivity index (χ3v) is 11.8. The van der Waals surface area contributed by atoms with E-state index in [1.54, 1.807) is 126 Å². The van der Waals surface area contributed by atoms with Gasteiger partial charge in [0.05, 0.1) is 60.0 Å². The lowest BCUT2D eigenvalue weighted by Gasteiger charge is -2.11. The monoisotopic (exact) mass is 1180 g/mol. The Morgan fingerprint density at radius 2 is 1.03 bits per heavy atom. The fourth-order valence-electron chi connectivity index (χ4n) is 7.01. The second-order valence-electron chi connectivity index (χ2n) is 15.6. The minimum Gasteiger partial charge on any atom is -0.329 e. The first-order valence-electron chi connectivity index (χ1n) is 21.8. The number of imidazole rings is 4. The Kier molecular flexibility index (Phi) is 15.3. The SMILES string of the molecule is Brc1cn2ccnc2cn1.Fc1ccc(-c2cn3c(I)cnc3cn2)cc1.Fc1ccc(-c2cn3ccnc3cn2)cc1.O=C(NCC(F)(F)F)Nc1cccc(-c2cnc3cnc(-c4ccc(F)cc4)cn23)c1. The van der Waals surface area contributed by atoms with Crippen molar-refractivity contribution in [3.63, 3.8) is 0 Å². The van der Waals surface area contributed by atoms with E-state index < -0.39 is 18.8 Å². The number of urea groups is 1. The minimum absolute atomic E-state index is 0.243. The molecule has 0 aliphatic heterocycles. The molecule has 0 unspecified atom stereocenters. The van der Waals surface area contributed by atoms with Crippen molar-refractivity contribution in [2.75, 3.05) is 11.9 Å². The summed E-state index contributed by atoms with van der Waals surface area (Å²) >= 11 is 5.46. The van der Waals surface area contributed by atoms with Crippen molar-refractivity contribution >= 4 is 72.8 Å². The molecule has 0 saturated heterocycles. The molecular formula is C51H34BrF6IN14O. The topological polar surface area (TPSA) is 162 Å². The van der Waals surface area contributed by atoms with E-state index >= 15 is 0 Å². The normalized spacial score (nSPS) is 11.1. The first kappa shape index (κ1) is 50.4. The first-order chi connectivity index (χ1) is 35.7. The molecule has 15 nitrogen and oxygen atoms in total. The third-order valence-electron chi connectivity index (χ3n) is 10.6. The molecule has 2 N–H and O–H groups in total. The molecule has 8 heterocycles. The van der Waals surface area contributed by atoms with Crippen LogP contribution in [0.25, 0.3) is 67.6 Å². The Hall–Kier alpha value is -8.58. The van der Waals surface area contributed by atoms with Gasteiger partial charge in [0, 0.05) is 77.5 Å². The average molecular weight is 1180 g/mol. The second kappa shape index (κ2) is 22.5. The molecule has 23 heteroatoms. The van der Waals surface area contributed by atoms with Crippen LogP contribution in [0.5, 0.6) is 0 Å². The molecule has 12 rings (SSSR count). The summed E-state index contributed by atoms with van der Waals surface area (Å²) < 4.78 is 84.9. The highest BCUT2D eigenvalue weighted by Gasteiger charge is 2.27. The first-order valence-corrected chi connectivity index (χ1v) is 23.6. The molecule has 0 aliphatic rings. The van der Waals surface area contributed by atoms with Gasteiger partial charge in [0.1, 0.15) is 32.3 Å². The molecule has 0 fully saturated rings. The number of fused-ring (bicyclic) bond motifs is 4. The number of rotatable bonds is 6. The maximum atomic E-state index is 13.2. The van der Waals surface area contributed by atoms with E-state index in [0.717, 1.165) is 53.3 Å². The fourth-order valence-corrected chi connectivity index (χ4v) is 7.86. The molecule has 0 atom stereocenters. The van der Waals surface area contributed by atoms with E-state index in [1.807, 2.05) is 44.2 Å². The minimum atomic E-state index is -4.49. The number of benzene rings is 4. The number of nitrogens with one attached hydrogen (secondary N) is 2. The zero-order valence-corrected chi connectivity index (χ0v) is 41.6. The van der Waals surface area contributed by atoms with Crippen LogP contribution in [-0.2, 0) is 0 Å². The van der Waals surface area contributed by atoms with E-state index in [4.69, 9.17) is 0 Å². The Morgan fingerprint density at radius 1 is 0.541 bits per heavy atom. The zero-order valence-electron chi connectivity index (χ0n) is 37.8. The molecule has 0 bridgehead atoms. The number of carbonyl (C=O) groups is 1. The van der Waals surface area contributed by atoms with E-state index in [-0.39, 0.29) is 17.5 Å². The van der Waals surface area contributed by atoms with Gasteiger partial charge in [-0.25, -0.2) is 42.9 Å². The van der Waals surface area contributed by atoms with E-state index in [9.17, 15) is 31.1 Å². The van der Waals surface area contributed by atoms with Gasteiger partial charge < -0.3 is 19.4 Å². The van der Waals surface area contributed by atoms with E-state index in [1.165, 1.54) is 36.4 Å². The molecule has 0 spiro atoms. The molecule has 74 heavy (non-hydrogen) atoms. The smallest absolute Gasteiger partial charge is 0.329 e. The summed E-state index contributed by atoms with van der Waals surface area (Å²) in [5.74, 6) is -0.837. The Bertz CT molecular complexity index is 3870. The molecule has 0 aliphatic carbocycles. The standard InChI is InChI=1S/C21H15F4N5O.C12H7FIN3.C12H8FN3.C6H4BrN3/c22-15-6-4-13(5-7-15)17-11-30-18(9-27-19(30)10-26-17)14-2-1-3-16(8-14)29-20(31)28-12-21(23,24)25;13-9-3-1-8(2-4-9)10-7-17-11(14)5-16-12(17)6-15-10;13-10-3-1-9(2-4-10)11-8-16-6-5-14-12(16)7-15-11;7-5-4-10-2-1-8-6(10)3-9-5/h1-11H,12H2,(H2,28,29,31);1-7H;1-8H;1-4H. The number of hydrogen-bond donors (Lipinski definition) is 2. The van der Waals surface area contributed by atoms with Crippen LogP contribution in [0, 0.1) is 21.2 Å². The molecule has 4 aromatic carbocycles. The van der Waals surface area contributed by atoms with Crippen molar-refractivity contribution in [2.24, 2.45) is 0 Å². The number of carbonyl (C=O) groups excluding carboxylic acids is 1. The summed E-state index contributed by atoms with van der Waals surface area (Å²) in [6.45, 7) is -1.43. The number of halogens is 8. The van der Waals surface area contributed by atoms with Crippen molar-refractivity contribution < 1.29 is 31.1 Å². The average Bonchev–Trinajstić information content (AvgIpc) is 4.24. The van der Waals surface area contributed by atoms with Crippen LogP contribution in [0.4, 0.5) is 36.8 Å². The van der Waals surface area contributed by atoms with Crippen LogP contribution >= 0.6 is 38.5 Å². The summed E-state index contributed by atoms with van der Waals surface area (Å²) in [5.41, 5.74) is 9.41. The maximum absolute atomic E-state index is 13.2. The van der Waals surface area contributed by atoms with Gasteiger partial charge >= 0.3 is 12.2 Å². The van der Waals surface area contributed by atoms with Gasteiger partial charge in [-0.05, 0) is 123 Å². The largest absolute Gasteiger partial charge is 0.405 e. The second-order valence-corrected chi connectivity index (χ2v) is 17.5. The van der Waals surface area contributed by atoms with Crippen LogP contribution in [0.15, 0.2) is 188 Å². The molecule has 2 amide bonds. The Labute approximate surface area is 437 Å². The van der Waals surface area contributed by atoms with Gasteiger partial charge in [-0.2, -0.15) is 13.2 Å². The van der Waals surface area contributed by atoms with Gasteiger partial charge in [0.2, 0.25) is 0 Å². The predicted molar refractivity (Wildman–Crippen MR) is 277 cm³/mol. The number of aromatic nitrogens is 12. The van der Waals surface area contributed by atoms with Crippen LogP contribution in [0.1, 0.15) is 0 Å². The molecular weight excluding hydrogens is 1150 g/mol. The number of nitrogens with zero attached hydrogens (tertiary/aromatic N) is 12. The highest BCUT2D eigenvalue weighted by molar-refractivity contribution is 14.1. The lowest BCUT2D eigenvalue weighted by Crippen LogP contribution is -2.36. The summed E-state index contributed by atoms with van der Waals surface area (Å²) in [4.78, 5) is 45.3. The van der Waals surface area contributed by atoms with Gasteiger partial charge in [0.15, 0.2) is 22.6 Å². The molecule has 0 saturated carbocycles. The quantitative estimate of drug-likeness (QED) is 0.122. The molecule has 370 valence electrons. The summed E-state index contributed by atoms with van der Waals surface area (Å²) in [5, 5.41) is 4.14. The number of alkyl halides is 3. The van der Waals surface area contributed by atoms with Crippen LogP contribution in [0.2, 0.25) is 0 Å². The van der Waals surface area contributed by atoms with E-state index in [2.05, 4.69) is 83.7 Å². The van der Waals surface area contributed by atoms with Crippen LogP contribution in [0.3, 0.4) is 0 Å². The molecule has 0 radical (unpaired) electrons. The van der Waals surface area contributed by atoms with Gasteiger partial charge in [-0.3, -0.25) is 23.8 Å². The van der Waals surface area contributed by atoms with Crippen molar-refractivity contribution in [3.05, 3.63) is 210 Å². The Balaban J connectivity index is 0.000000132. The van der Waals surface area contributed by atoms with E-state index in [0.29, 0.717) is 28.3 Å². The highest BCUT2D eigenvalue weighted by atomic mass is 127. The van der Waals surface area contributed by atoms with Crippen molar-refractivity contribution in [2.45, 2.75) is 6.18 Å². The van der Waals surface area contributed by atoms with Crippen molar-refractivity contribution in [1.29, 1.82) is 0 Å². The summed E-state index contributed by atoms with van der Waals surface area (Å²) in [6, 6.07) is 24.1. The lowest BCUT2D eigenvalue weighted by molar-refractivity contribution is -0.122. The van der Waals surface area contributed by atoms with Gasteiger partial charge in [-0.1, -0.05) is 12.1 Å². The number of anilines is 1. The number of amides is 2. The van der Waals surface area contributed by atoms with Crippen LogP contribution < -0.4 is 10.6 Å². The predicted octanol–water partition coefficient (Wildman–Crippen LogP) is 12.1. The summed E-state index contributed by atoms with van der Waals surface area (Å²) in [7, 11) is 0. The Morgan fingerprint density at radius 3 is 1.59 bits per heavy atom. The number of hydrogen-bond acceptors (Lipinski definition) is 9. The highest BCUT2D eigenvalue weighted by Crippen LogP contribution is 2.27. The van der Waals surface area contributed by atoms with Gasteiger partial charge in [0.25, 0.3) is 0 Å². The molecule has 8 aromatic heterocycles. The lowest BCUT2D eigenvalue weighted by atomic mass is 10.1. The molecule has 12 aromatic rings. The fraction of sp³-hybridized carbons (Fsp3) is 0.0392. The van der Waals surface area contributed by atoms with Crippen molar-refractivity contribution in [3.8, 4) is 45.0 Å². The third kappa shape index (κ3) is 12.7.